The van der Waals surface area contributed by atoms with Crippen LogP contribution in [0.3, 0.4) is 0 Å². The number of piperazine rings is 1. The monoisotopic (exact) mass is 484 g/mol. The zero-order valence-corrected chi connectivity index (χ0v) is 20.5. The van der Waals surface area contributed by atoms with Crippen LogP contribution in [0.25, 0.3) is 6.08 Å². The van der Waals surface area contributed by atoms with Gasteiger partial charge in [-0.25, -0.2) is 9.18 Å². The van der Waals surface area contributed by atoms with E-state index in [1.807, 2.05) is 30.0 Å². The van der Waals surface area contributed by atoms with E-state index >= 15 is 0 Å². The third kappa shape index (κ3) is 5.42. The molecule has 2 unspecified atom stereocenters. The molecule has 2 aliphatic rings. The minimum atomic E-state index is -0.267. The maximum atomic E-state index is 13.2. The fourth-order valence-electron chi connectivity index (χ4n) is 4.75. The molecular formula is C26H30ClFN4O2. The van der Waals surface area contributed by atoms with Crippen molar-refractivity contribution >= 4 is 35.3 Å². The number of benzene rings is 2. The van der Waals surface area contributed by atoms with Crippen molar-refractivity contribution in [2.75, 3.05) is 32.5 Å². The highest BCUT2D eigenvalue weighted by Crippen LogP contribution is 2.32. The van der Waals surface area contributed by atoms with Crippen molar-refractivity contribution in [3.63, 3.8) is 0 Å². The summed E-state index contributed by atoms with van der Waals surface area (Å²) in [5, 5.41) is 3.39. The van der Waals surface area contributed by atoms with Gasteiger partial charge in [0.15, 0.2) is 0 Å². The molecular weight excluding hydrogens is 455 g/mol. The summed E-state index contributed by atoms with van der Waals surface area (Å²) in [6, 6.07) is 10.2. The van der Waals surface area contributed by atoms with Crippen LogP contribution in [-0.2, 0) is 11.3 Å². The number of halogens is 2. The number of likely N-dealkylation sites (tertiary alicyclic amines) is 1. The van der Waals surface area contributed by atoms with Crippen molar-refractivity contribution < 1.29 is 14.0 Å². The zero-order valence-electron chi connectivity index (χ0n) is 19.7. The van der Waals surface area contributed by atoms with E-state index in [2.05, 4.69) is 10.2 Å². The van der Waals surface area contributed by atoms with E-state index in [9.17, 15) is 14.0 Å². The van der Waals surface area contributed by atoms with Gasteiger partial charge in [0.1, 0.15) is 5.82 Å². The van der Waals surface area contributed by atoms with Crippen LogP contribution < -0.4 is 5.32 Å². The smallest absolute Gasteiger partial charge is 0.321 e. The van der Waals surface area contributed by atoms with Gasteiger partial charge >= 0.3 is 6.03 Å². The average Bonchev–Trinajstić information content (AvgIpc) is 3.06. The lowest BCUT2D eigenvalue weighted by atomic mass is 10.1. The second-order valence-corrected chi connectivity index (χ2v) is 9.70. The van der Waals surface area contributed by atoms with Crippen LogP contribution >= 0.6 is 11.6 Å². The standard InChI is InChI=1S/C26H30ClFN4O2/c1-17-12-19(24(13-23(17)27)29-26(34)30(2)3)6-11-25(33)32-21-9-10-22(32)16-31(15-21)14-18-4-7-20(28)8-5-18/h4-8,11-13,21-22H,9-10,14-16H2,1-3H3,(H,29,34)/b11-6+. The molecule has 180 valence electrons. The number of urea groups is 1. The van der Waals surface area contributed by atoms with Gasteiger partial charge in [-0.15, -0.1) is 0 Å². The molecule has 2 fully saturated rings. The lowest BCUT2D eigenvalue weighted by molar-refractivity contribution is -0.131. The van der Waals surface area contributed by atoms with Gasteiger partial charge in [-0.3, -0.25) is 9.69 Å². The number of hydrogen-bond donors (Lipinski definition) is 1. The number of fused-ring (bicyclic) bond motifs is 2. The molecule has 34 heavy (non-hydrogen) atoms. The first kappa shape index (κ1) is 24.2. The number of carbonyl (C=O) groups is 2. The molecule has 0 spiro atoms. The van der Waals surface area contributed by atoms with Gasteiger partial charge in [0.25, 0.3) is 0 Å². The number of aryl methyl sites for hydroxylation is 1. The van der Waals surface area contributed by atoms with E-state index < -0.39 is 0 Å². The Labute approximate surface area is 205 Å². The van der Waals surface area contributed by atoms with Crippen molar-refractivity contribution in [1.82, 2.24) is 14.7 Å². The summed E-state index contributed by atoms with van der Waals surface area (Å²) in [7, 11) is 3.32. The van der Waals surface area contributed by atoms with Crippen LogP contribution in [0.1, 0.15) is 29.5 Å². The summed E-state index contributed by atoms with van der Waals surface area (Å²) < 4.78 is 13.2. The van der Waals surface area contributed by atoms with Crippen molar-refractivity contribution in [1.29, 1.82) is 0 Å². The van der Waals surface area contributed by atoms with Gasteiger partial charge in [0.2, 0.25) is 5.91 Å². The molecule has 2 aromatic rings. The Balaban J connectivity index is 1.45. The largest absolute Gasteiger partial charge is 0.331 e. The van der Waals surface area contributed by atoms with E-state index in [4.69, 9.17) is 11.6 Å². The molecule has 2 heterocycles. The minimum Gasteiger partial charge on any atom is -0.331 e. The van der Waals surface area contributed by atoms with Gasteiger partial charge < -0.3 is 15.1 Å². The summed E-state index contributed by atoms with van der Waals surface area (Å²) in [4.78, 5) is 31.1. The normalized spacial score (nSPS) is 20.1. The van der Waals surface area contributed by atoms with Gasteiger partial charge in [-0.05, 0) is 66.8 Å². The maximum Gasteiger partial charge on any atom is 0.321 e. The zero-order chi connectivity index (χ0) is 24.4. The first-order valence-electron chi connectivity index (χ1n) is 11.5. The van der Waals surface area contributed by atoms with Crippen LogP contribution in [0.2, 0.25) is 5.02 Å². The predicted octanol–water partition coefficient (Wildman–Crippen LogP) is 4.77. The third-order valence-corrected chi connectivity index (χ3v) is 6.92. The van der Waals surface area contributed by atoms with Crippen LogP contribution in [0, 0.1) is 12.7 Å². The Morgan fingerprint density at radius 2 is 1.79 bits per heavy atom. The molecule has 2 aliphatic heterocycles. The molecule has 2 aromatic carbocycles. The van der Waals surface area contributed by atoms with Gasteiger partial charge in [-0.1, -0.05) is 23.7 Å². The second kappa shape index (κ2) is 10.2. The van der Waals surface area contributed by atoms with E-state index in [-0.39, 0.29) is 29.8 Å². The molecule has 8 heteroatoms. The summed E-state index contributed by atoms with van der Waals surface area (Å²) >= 11 is 6.27. The highest BCUT2D eigenvalue weighted by molar-refractivity contribution is 6.31. The van der Waals surface area contributed by atoms with Gasteiger partial charge in [-0.2, -0.15) is 0 Å². The van der Waals surface area contributed by atoms with E-state index in [1.54, 1.807) is 32.3 Å². The fourth-order valence-corrected chi connectivity index (χ4v) is 4.92. The van der Waals surface area contributed by atoms with Crippen LogP contribution in [0.15, 0.2) is 42.5 Å². The summed E-state index contributed by atoms with van der Waals surface area (Å²) in [5.74, 6) is -0.252. The molecule has 3 amide bonds. The molecule has 0 aliphatic carbocycles. The van der Waals surface area contributed by atoms with Gasteiger partial charge in [0.05, 0.1) is 5.69 Å². The lowest BCUT2D eigenvalue weighted by Gasteiger charge is -2.40. The molecule has 6 nitrogen and oxygen atoms in total. The quantitative estimate of drug-likeness (QED) is 0.622. The number of carbonyl (C=O) groups excluding carboxylic acids is 2. The fraction of sp³-hybridized carbons (Fsp3) is 0.385. The van der Waals surface area contributed by atoms with Crippen LogP contribution in [0.5, 0.6) is 0 Å². The average molecular weight is 485 g/mol. The first-order valence-corrected chi connectivity index (χ1v) is 11.8. The number of nitrogens with zero attached hydrogens (tertiary/aromatic N) is 3. The first-order chi connectivity index (χ1) is 16.2. The number of amides is 3. The van der Waals surface area contributed by atoms with Gasteiger partial charge in [0, 0.05) is 56.9 Å². The molecule has 0 aromatic heterocycles. The maximum absolute atomic E-state index is 13.2. The predicted molar refractivity (Wildman–Crippen MR) is 133 cm³/mol. The molecule has 2 saturated heterocycles. The molecule has 4 rings (SSSR count). The van der Waals surface area contributed by atoms with E-state index in [1.165, 1.54) is 17.0 Å². The highest BCUT2D eigenvalue weighted by Gasteiger charge is 2.41. The molecule has 0 saturated carbocycles. The van der Waals surface area contributed by atoms with E-state index in [0.717, 1.165) is 49.2 Å². The molecule has 0 radical (unpaired) electrons. The topological polar surface area (TPSA) is 55.9 Å². The Hall–Kier alpha value is -2.90. The summed E-state index contributed by atoms with van der Waals surface area (Å²) in [6.07, 6.45) is 5.30. The number of rotatable bonds is 5. The molecule has 1 N–H and O–H groups in total. The molecule has 2 bridgehead atoms. The number of hydrogen-bond acceptors (Lipinski definition) is 3. The molecule has 2 atom stereocenters. The SMILES string of the molecule is Cc1cc(/C=C/C(=O)N2C3CCC2CN(Cc2ccc(F)cc2)C3)c(NC(=O)N(C)C)cc1Cl. The Bertz CT molecular complexity index is 1090. The van der Waals surface area contributed by atoms with E-state index in [0.29, 0.717) is 10.7 Å². The van der Waals surface area contributed by atoms with Crippen molar-refractivity contribution in [3.05, 3.63) is 70.0 Å². The van der Waals surface area contributed by atoms with Crippen molar-refractivity contribution in [2.45, 2.75) is 38.4 Å². The Kier molecular flexibility index (Phi) is 7.24. The Morgan fingerprint density at radius 1 is 1.15 bits per heavy atom. The number of nitrogens with one attached hydrogen (secondary N) is 1. The number of anilines is 1. The lowest BCUT2D eigenvalue weighted by Crippen LogP contribution is -2.55. The summed E-state index contributed by atoms with van der Waals surface area (Å²) in [6.45, 7) is 4.25. The van der Waals surface area contributed by atoms with Crippen molar-refractivity contribution in [3.8, 4) is 0 Å². The highest BCUT2D eigenvalue weighted by atomic mass is 35.5. The Morgan fingerprint density at radius 3 is 2.41 bits per heavy atom. The third-order valence-electron chi connectivity index (χ3n) is 6.52. The minimum absolute atomic E-state index is 0.0218. The second-order valence-electron chi connectivity index (χ2n) is 9.30. The van der Waals surface area contributed by atoms with Crippen LogP contribution in [-0.4, -0.2) is 65.9 Å². The van der Waals surface area contributed by atoms with Crippen molar-refractivity contribution in [2.24, 2.45) is 0 Å². The summed E-state index contributed by atoms with van der Waals surface area (Å²) in [5.41, 5.74) is 3.23. The van der Waals surface area contributed by atoms with Crippen LogP contribution in [0.4, 0.5) is 14.9 Å².